The number of aliphatic imine (C=N–C) groups is 1. The Kier molecular flexibility index (Phi) is 9.61. The minimum atomic E-state index is -4.16. The molecule has 154 valence electrons. The second kappa shape index (κ2) is 10.9. The minimum Gasteiger partial charge on any atom is -0.491 e. The summed E-state index contributed by atoms with van der Waals surface area (Å²) < 4.78 is 57.7. The van der Waals surface area contributed by atoms with Crippen molar-refractivity contribution in [1.29, 1.82) is 0 Å². The summed E-state index contributed by atoms with van der Waals surface area (Å²) in [5.41, 5.74) is 0.686. The molecule has 1 aliphatic carbocycles. The quantitative estimate of drug-likeness (QED) is 0.267. The fraction of sp³-hybridized carbons (Fsp3) is 0.611. The molecule has 0 aliphatic heterocycles. The SMILES string of the molecule is CCOc1ccc(CNC(=NC)NC2CCCC(C(F)(F)F)C2)cc1F.I. The molecule has 9 heteroatoms. The van der Waals surface area contributed by atoms with Gasteiger partial charge in [-0.15, -0.1) is 24.0 Å². The van der Waals surface area contributed by atoms with Crippen LogP contribution in [0.2, 0.25) is 0 Å². The van der Waals surface area contributed by atoms with E-state index in [1.165, 1.54) is 6.07 Å². The van der Waals surface area contributed by atoms with Crippen molar-refractivity contribution >= 4 is 29.9 Å². The Bertz CT molecular complexity index is 625. The van der Waals surface area contributed by atoms with Crippen molar-refractivity contribution in [2.45, 2.75) is 51.4 Å². The number of hydrogen-bond donors (Lipinski definition) is 2. The van der Waals surface area contributed by atoms with Crippen LogP contribution >= 0.6 is 24.0 Å². The molecular weight excluding hydrogens is 477 g/mol. The minimum absolute atomic E-state index is 0. The first kappa shape index (κ1) is 23.8. The van der Waals surface area contributed by atoms with Gasteiger partial charge in [-0.2, -0.15) is 13.2 Å². The molecule has 0 spiro atoms. The van der Waals surface area contributed by atoms with Crippen LogP contribution in [0, 0.1) is 11.7 Å². The Morgan fingerprint density at radius 3 is 2.63 bits per heavy atom. The lowest BCUT2D eigenvalue weighted by Gasteiger charge is -2.31. The van der Waals surface area contributed by atoms with Gasteiger partial charge in [0.25, 0.3) is 0 Å². The Balaban J connectivity index is 0.00000364. The van der Waals surface area contributed by atoms with Crippen LogP contribution in [0.4, 0.5) is 17.6 Å². The monoisotopic (exact) mass is 503 g/mol. The number of nitrogens with one attached hydrogen (secondary N) is 2. The summed E-state index contributed by atoms with van der Waals surface area (Å²) in [6.45, 7) is 2.46. The number of ether oxygens (including phenoxy) is 1. The molecule has 0 heterocycles. The van der Waals surface area contributed by atoms with Gasteiger partial charge >= 0.3 is 6.18 Å². The average Bonchev–Trinajstić information content (AvgIpc) is 2.60. The van der Waals surface area contributed by atoms with Crippen LogP contribution in [-0.4, -0.2) is 31.8 Å². The van der Waals surface area contributed by atoms with Crippen LogP contribution in [0.15, 0.2) is 23.2 Å². The van der Waals surface area contributed by atoms with Crippen LogP contribution in [0.1, 0.15) is 38.2 Å². The van der Waals surface area contributed by atoms with Gasteiger partial charge in [-0.3, -0.25) is 4.99 Å². The molecule has 0 aromatic heterocycles. The molecule has 0 radical (unpaired) electrons. The fourth-order valence-electron chi connectivity index (χ4n) is 3.12. The molecule has 1 aliphatic rings. The van der Waals surface area contributed by atoms with E-state index in [1.807, 2.05) is 0 Å². The Hall–Kier alpha value is -1.26. The molecule has 1 aromatic carbocycles. The van der Waals surface area contributed by atoms with Crippen molar-refractivity contribution in [3.05, 3.63) is 29.6 Å². The average molecular weight is 503 g/mol. The van der Waals surface area contributed by atoms with Gasteiger partial charge in [-0.25, -0.2) is 4.39 Å². The van der Waals surface area contributed by atoms with Gasteiger partial charge in [0.05, 0.1) is 12.5 Å². The highest BCUT2D eigenvalue weighted by molar-refractivity contribution is 14.0. The maximum Gasteiger partial charge on any atom is 0.391 e. The largest absolute Gasteiger partial charge is 0.491 e. The summed E-state index contributed by atoms with van der Waals surface area (Å²) in [5.74, 6) is -1.12. The zero-order valence-corrected chi connectivity index (χ0v) is 17.7. The molecule has 0 bridgehead atoms. The maximum absolute atomic E-state index is 13.9. The summed E-state index contributed by atoms with van der Waals surface area (Å²) in [7, 11) is 1.55. The molecule has 1 saturated carbocycles. The Morgan fingerprint density at radius 2 is 2.04 bits per heavy atom. The number of rotatable bonds is 5. The summed E-state index contributed by atoms with van der Waals surface area (Å²) in [5, 5.41) is 6.06. The summed E-state index contributed by atoms with van der Waals surface area (Å²) >= 11 is 0. The van der Waals surface area contributed by atoms with E-state index in [4.69, 9.17) is 4.74 Å². The smallest absolute Gasteiger partial charge is 0.391 e. The molecular formula is C18H26F4IN3O. The van der Waals surface area contributed by atoms with Gasteiger partial charge in [-0.1, -0.05) is 12.5 Å². The second-order valence-electron chi connectivity index (χ2n) is 6.37. The van der Waals surface area contributed by atoms with Crippen molar-refractivity contribution in [2.24, 2.45) is 10.9 Å². The van der Waals surface area contributed by atoms with E-state index in [-0.39, 0.29) is 48.6 Å². The van der Waals surface area contributed by atoms with Gasteiger partial charge in [0, 0.05) is 19.6 Å². The number of hydrogen-bond acceptors (Lipinski definition) is 2. The molecule has 2 atom stereocenters. The van der Waals surface area contributed by atoms with Crippen molar-refractivity contribution < 1.29 is 22.3 Å². The van der Waals surface area contributed by atoms with E-state index in [0.717, 1.165) is 0 Å². The van der Waals surface area contributed by atoms with Crippen molar-refractivity contribution in [3.63, 3.8) is 0 Å². The summed E-state index contributed by atoms with van der Waals surface area (Å²) in [4.78, 5) is 4.05. The first-order valence-electron chi connectivity index (χ1n) is 8.78. The van der Waals surface area contributed by atoms with Gasteiger partial charge in [-0.05, 0) is 43.9 Å². The van der Waals surface area contributed by atoms with Gasteiger partial charge < -0.3 is 15.4 Å². The molecule has 0 amide bonds. The topological polar surface area (TPSA) is 45.6 Å². The second-order valence-corrected chi connectivity index (χ2v) is 6.37. The van der Waals surface area contributed by atoms with E-state index >= 15 is 0 Å². The van der Waals surface area contributed by atoms with Crippen LogP contribution in [-0.2, 0) is 6.54 Å². The number of nitrogens with zero attached hydrogens (tertiary/aromatic N) is 1. The molecule has 1 aromatic rings. The van der Waals surface area contributed by atoms with Crippen molar-refractivity contribution in [3.8, 4) is 5.75 Å². The van der Waals surface area contributed by atoms with E-state index in [1.54, 1.807) is 26.1 Å². The zero-order chi connectivity index (χ0) is 19.2. The summed E-state index contributed by atoms with van der Waals surface area (Å²) in [6.07, 6.45) is -2.73. The third-order valence-corrected chi connectivity index (χ3v) is 4.46. The number of benzene rings is 1. The molecule has 0 saturated heterocycles. The van der Waals surface area contributed by atoms with Crippen LogP contribution in [0.5, 0.6) is 5.75 Å². The molecule has 27 heavy (non-hydrogen) atoms. The normalized spacial score (nSPS) is 20.6. The van der Waals surface area contributed by atoms with E-state index in [9.17, 15) is 17.6 Å². The standard InChI is InChI=1S/C18H25F4N3O.HI/c1-3-26-16-8-7-12(9-15(16)19)11-24-17(23-2)25-14-6-4-5-13(10-14)18(20,21)22;/h7-9,13-14H,3-6,10-11H2,1-2H3,(H2,23,24,25);1H. The van der Waals surface area contributed by atoms with E-state index in [2.05, 4.69) is 15.6 Å². The first-order valence-corrected chi connectivity index (χ1v) is 8.78. The molecule has 1 fully saturated rings. The van der Waals surface area contributed by atoms with Crippen LogP contribution < -0.4 is 15.4 Å². The number of alkyl halides is 3. The zero-order valence-electron chi connectivity index (χ0n) is 15.4. The van der Waals surface area contributed by atoms with E-state index in [0.29, 0.717) is 37.5 Å². The predicted molar refractivity (Wildman–Crippen MR) is 108 cm³/mol. The highest BCUT2D eigenvalue weighted by Gasteiger charge is 2.42. The van der Waals surface area contributed by atoms with Gasteiger partial charge in [0.2, 0.25) is 0 Å². The van der Waals surface area contributed by atoms with Gasteiger partial charge in [0.1, 0.15) is 0 Å². The molecule has 2 rings (SSSR count). The number of guanidine groups is 1. The van der Waals surface area contributed by atoms with E-state index < -0.39 is 17.9 Å². The third-order valence-electron chi connectivity index (χ3n) is 4.46. The highest BCUT2D eigenvalue weighted by Crippen LogP contribution is 2.37. The lowest BCUT2D eigenvalue weighted by Crippen LogP contribution is -2.46. The Labute approximate surface area is 174 Å². The molecule has 2 N–H and O–H groups in total. The highest BCUT2D eigenvalue weighted by atomic mass is 127. The lowest BCUT2D eigenvalue weighted by molar-refractivity contribution is -0.183. The fourth-order valence-corrected chi connectivity index (χ4v) is 3.12. The molecule has 2 unspecified atom stereocenters. The third kappa shape index (κ3) is 7.34. The van der Waals surface area contributed by atoms with Crippen molar-refractivity contribution in [1.82, 2.24) is 10.6 Å². The van der Waals surface area contributed by atoms with Crippen LogP contribution in [0.3, 0.4) is 0 Å². The Morgan fingerprint density at radius 1 is 1.30 bits per heavy atom. The maximum atomic E-state index is 13.9. The van der Waals surface area contributed by atoms with Gasteiger partial charge in [0.15, 0.2) is 17.5 Å². The summed E-state index contributed by atoms with van der Waals surface area (Å²) in [6, 6.07) is 4.38. The first-order chi connectivity index (χ1) is 12.3. The lowest BCUT2D eigenvalue weighted by atomic mass is 9.85. The van der Waals surface area contributed by atoms with Crippen LogP contribution in [0.25, 0.3) is 0 Å². The molecule has 4 nitrogen and oxygen atoms in total. The van der Waals surface area contributed by atoms with Crippen molar-refractivity contribution in [2.75, 3.05) is 13.7 Å². The predicted octanol–water partition coefficient (Wildman–Crippen LogP) is 4.63. The number of halogens is 5.